The molecule has 4 atom stereocenters. The third-order valence-electron chi connectivity index (χ3n) is 6.91. The molecule has 4 heterocycles. The van der Waals surface area contributed by atoms with Crippen LogP contribution in [0.2, 0.25) is 0 Å². The average Bonchev–Trinajstić information content (AvgIpc) is 3.38. The first kappa shape index (κ1) is 19.5. The Kier molecular flexibility index (Phi) is 5.00. The number of hydrogen-bond acceptors (Lipinski definition) is 5. The quantitative estimate of drug-likeness (QED) is 0.717. The van der Waals surface area contributed by atoms with Gasteiger partial charge in [0.15, 0.2) is 0 Å². The van der Waals surface area contributed by atoms with Crippen LogP contribution in [-0.4, -0.2) is 70.7 Å². The maximum absolute atomic E-state index is 13.4. The fourth-order valence-corrected chi connectivity index (χ4v) is 5.76. The van der Waals surface area contributed by atoms with E-state index in [9.17, 15) is 19.2 Å². The van der Waals surface area contributed by atoms with Gasteiger partial charge in [0.25, 0.3) is 0 Å². The van der Waals surface area contributed by atoms with Gasteiger partial charge in [0.2, 0.25) is 23.6 Å². The zero-order valence-electron chi connectivity index (χ0n) is 16.7. The molecule has 1 saturated carbocycles. The lowest BCUT2D eigenvalue weighted by Crippen LogP contribution is -2.53. The average molecular weight is 431 g/mol. The topological polar surface area (TPSA) is 98.8 Å². The molecular weight excluding hydrogens is 404 g/mol. The summed E-state index contributed by atoms with van der Waals surface area (Å²) in [6, 6.07) is 2.02. The van der Waals surface area contributed by atoms with Gasteiger partial charge in [-0.05, 0) is 37.1 Å². The third kappa shape index (κ3) is 3.38. The van der Waals surface area contributed by atoms with Crippen LogP contribution in [0, 0.1) is 5.92 Å². The molecule has 4 fully saturated rings. The van der Waals surface area contributed by atoms with Crippen LogP contribution in [0.4, 0.5) is 0 Å². The van der Waals surface area contributed by atoms with E-state index in [1.54, 1.807) is 9.80 Å². The molecule has 8 nitrogen and oxygen atoms in total. The molecule has 0 aromatic carbocycles. The van der Waals surface area contributed by atoms with Crippen molar-refractivity contribution in [1.29, 1.82) is 0 Å². The highest BCUT2D eigenvalue weighted by Gasteiger charge is 2.52. The first-order valence-electron chi connectivity index (χ1n) is 10.7. The number of carbonyl (C=O) groups excluding carboxylic acids is 4. The second kappa shape index (κ2) is 7.68. The number of nitrogens with one attached hydrogen (secondary N) is 2. The highest BCUT2D eigenvalue weighted by Crippen LogP contribution is 2.31. The van der Waals surface area contributed by atoms with Crippen molar-refractivity contribution >= 4 is 35.0 Å². The zero-order valence-corrected chi connectivity index (χ0v) is 17.5. The minimum Gasteiger partial charge on any atom is -0.351 e. The van der Waals surface area contributed by atoms with Gasteiger partial charge in [0.05, 0.1) is 12.5 Å². The molecule has 0 spiro atoms. The molecule has 30 heavy (non-hydrogen) atoms. The van der Waals surface area contributed by atoms with E-state index < -0.39 is 12.1 Å². The largest absolute Gasteiger partial charge is 0.351 e. The van der Waals surface area contributed by atoms with Crippen LogP contribution in [0.15, 0.2) is 17.5 Å². The Morgan fingerprint density at radius 1 is 1.23 bits per heavy atom. The van der Waals surface area contributed by atoms with E-state index >= 15 is 0 Å². The smallest absolute Gasteiger partial charge is 0.248 e. The minimum absolute atomic E-state index is 0.0308. The van der Waals surface area contributed by atoms with Crippen molar-refractivity contribution in [2.24, 2.45) is 5.92 Å². The van der Waals surface area contributed by atoms with Crippen molar-refractivity contribution in [3.8, 4) is 0 Å². The van der Waals surface area contributed by atoms with E-state index in [1.165, 1.54) is 11.3 Å². The summed E-state index contributed by atoms with van der Waals surface area (Å²) in [4.78, 5) is 55.7. The first-order valence-corrected chi connectivity index (χ1v) is 11.6. The van der Waals surface area contributed by atoms with Crippen molar-refractivity contribution in [2.45, 2.75) is 62.7 Å². The number of thiophene rings is 1. The summed E-state index contributed by atoms with van der Waals surface area (Å²) in [5.74, 6) is -0.340. The maximum atomic E-state index is 13.4. The maximum Gasteiger partial charge on any atom is 0.248 e. The fraction of sp³-hybridized carbons (Fsp3) is 0.619. The predicted molar refractivity (Wildman–Crippen MR) is 109 cm³/mol. The monoisotopic (exact) mass is 430 g/mol. The second-order valence-electron chi connectivity index (χ2n) is 8.77. The second-order valence-corrected chi connectivity index (χ2v) is 9.80. The van der Waals surface area contributed by atoms with Crippen LogP contribution >= 0.6 is 11.3 Å². The van der Waals surface area contributed by atoms with Gasteiger partial charge in [-0.1, -0.05) is 12.5 Å². The Balaban J connectivity index is 1.30. The van der Waals surface area contributed by atoms with Crippen molar-refractivity contribution < 1.29 is 19.2 Å². The molecule has 3 saturated heterocycles. The summed E-state index contributed by atoms with van der Waals surface area (Å²) < 4.78 is 0. The Labute approximate surface area is 179 Å². The summed E-state index contributed by atoms with van der Waals surface area (Å²) in [5, 5.41) is 7.96. The number of rotatable bonds is 4. The van der Waals surface area contributed by atoms with E-state index in [0.717, 1.165) is 24.1 Å². The van der Waals surface area contributed by atoms with Crippen LogP contribution < -0.4 is 10.6 Å². The lowest BCUT2D eigenvalue weighted by molar-refractivity contribution is -0.144. The van der Waals surface area contributed by atoms with Crippen molar-refractivity contribution in [1.82, 2.24) is 20.4 Å². The molecule has 1 aliphatic carbocycles. The first-order chi connectivity index (χ1) is 14.5. The zero-order chi connectivity index (χ0) is 20.8. The molecule has 5 rings (SSSR count). The highest BCUT2D eigenvalue weighted by atomic mass is 32.1. The highest BCUT2D eigenvalue weighted by molar-refractivity contribution is 7.10. The van der Waals surface area contributed by atoms with Gasteiger partial charge in [-0.15, -0.1) is 11.3 Å². The van der Waals surface area contributed by atoms with Crippen molar-refractivity contribution in [3.05, 3.63) is 22.4 Å². The van der Waals surface area contributed by atoms with Crippen LogP contribution in [0.25, 0.3) is 0 Å². The summed E-state index contributed by atoms with van der Waals surface area (Å²) in [6.07, 6.45) is 4.19. The molecule has 0 radical (unpaired) electrons. The standard InChI is InChI=1S/C21H26N4O4S/c26-17(10-14-5-2-8-30-14)24-7-6-15-18(24)21(29)25-11-13(9-16(25)20(28)23-15)22-19(27)12-3-1-4-12/h2,5,8,12-13,15-16,18H,1,3-4,6-7,9-11H2,(H,22,27)(H,23,28)/t13-,15-,16+,18-/m0/s1. The lowest BCUT2D eigenvalue weighted by atomic mass is 9.84. The van der Waals surface area contributed by atoms with E-state index in [0.29, 0.717) is 25.9 Å². The Morgan fingerprint density at radius 2 is 2.07 bits per heavy atom. The van der Waals surface area contributed by atoms with Crippen molar-refractivity contribution in [3.63, 3.8) is 0 Å². The summed E-state index contributed by atoms with van der Waals surface area (Å²) in [7, 11) is 0. The predicted octanol–water partition coefficient (Wildman–Crippen LogP) is 0.276. The number of likely N-dealkylation sites (tertiary alicyclic amines) is 1. The number of fused-ring (bicyclic) bond motifs is 2. The van der Waals surface area contributed by atoms with Crippen molar-refractivity contribution in [2.75, 3.05) is 13.1 Å². The molecule has 160 valence electrons. The molecule has 1 aromatic rings. The van der Waals surface area contributed by atoms with E-state index in [2.05, 4.69) is 10.6 Å². The molecule has 1 aromatic heterocycles. The Morgan fingerprint density at radius 3 is 2.77 bits per heavy atom. The Hall–Kier alpha value is -2.42. The molecule has 9 heteroatoms. The van der Waals surface area contributed by atoms with Crippen LogP contribution in [0.3, 0.4) is 0 Å². The van der Waals surface area contributed by atoms with Gasteiger partial charge in [-0.3, -0.25) is 19.2 Å². The van der Waals surface area contributed by atoms with Gasteiger partial charge < -0.3 is 20.4 Å². The van der Waals surface area contributed by atoms with Crippen LogP contribution in [-0.2, 0) is 25.6 Å². The third-order valence-corrected chi connectivity index (χ3v) is 7.79. The normalized spacial score (nSPS) is 30.9. The summed E-state index contributed by atoms with van der Waals surface area (Å²) in [5.41, 5.74) is 0. The lowest BCUT2D eigenvalue weighted by Gasteiger charge is -2.29. The summed E-state index contributed by atoms with van der Waals surface area (Å²) >= 11 is 1.52. The fourth-order valence-electron chi connectivity index (χ4n) is 5.06. The van der Waals surface area contributed by atoms with Crippen LogP contribution in [0.5, 0.6) is 0 Å². The number of carbonyl (C=O) groups is 4. The van der Waals surface area contributed by atoms with Crippen LogP contribution in [0.1, 0.15) is 37.0 Å². The molecule has 0 bridgehead atoms. The van der Waals surface area contributed by atoms with Gasteiger partial charge >= 0.3 is 0 Å². The van der Waals surface area contributed by atoms with Gasteiger partial charge in [-0.25, -0.2) is 0 Å². The van der Waals surface area contributed by atoms with Gasteiger partial charge in [0.1, 0.15) is 12.1 Å². The molecule has 3 aliphatic heterocycles. The SMILES string of the molecule is O=C(N[C@H]1C[C@@H]2C(=O)N[C@H]3CCN(C(=O)Cc4cccs4)[C@@H]3C(=O)N2C1)C1CCC1. The van der Waals surface area contributed by atoms with E-state index in [4.69, 9.17) is 0 Å². The number of hydrogen-bond donors (Lipinski definition) is 2. The number of nitrogens with zero attached hydrogens (tertiary/aromatic N) is 2. The minimum atomic E-state index is -0.660. The Bertz CT molecular complexity index is 868. The molecule has 4 amide bonds. The van der Waals surface area contributed by atoms with E-state index in [-0.39, 0.29) is 48.1 Å². The molecule has 4 aliphatic rings. The van der Waals surface area contributed by atoms with Gasteiger partial charge in [0, 0.05) is 29.9 Å². The van der Waals surface area contributed by atoms with E-state index in [1.807, 2.05) is 17.5 Å². The summed E-state index contributed by atoms with van der Waals surface area (Å²) in [6.45, 7) is 0.789. The molecular formula is C21H26N4O4S. The molecule has 2 N–H and O–H groups in total. The number of amides is 4. The molecule has 0 unspecified atom stereocenters. The van der Waals surface area contributed by atoms with Gasteiger partial charge in [-0.2, -0.15) is 0 Å².